The molecule has 1 unspecified atom stereocenters. The second kappa shape index (κ2) is 9.44. The van der Waals surface area contributed by atoms with E-state index in [0.717, 1.165) is 24.5 Å². The molecule has 0 radical (unpaired) electrons. The molecule has 0 saturated heterocycles. The van der Waals surface area contributed by atoms with E-state index in [1.807, 2.05) is 43.3 Å². The fourth-order valence-electron chi connectivity index (χ4n) is 2.56. The standard InChI is InChI=1S/C20H25ClN2O2/c1-4-25-20-10-7-17(11-19(20)21)14(2)12-22-13-16-5-8-18(9-6-16)23-15(3)24/h5-11,14,22H,4,12-13H2,1-3H3,(H,23,24). The number of amides is 1. The van der Waals surface area contributed by atoms with Crippen LogP contribution in [0.3, 0.4) is 0 Å². The number of benzene rings is 2. The Morgan fingerprint density at radius 2 is 1.92 bits per heavy atom. The zero-order valence-corrected chi connectivity index (χ0v) is 15.7. The van der Waals surface area contributed by atoms with E-state index in [4.69, 9.17) is 16.3 Å². The summed E-state index contributed by atoms with van der Waals surface area (Å²) in [6.45, 7) is 7.84. The van der Waals surface area contributed by atoms with E-state index in [0.29, 0.717) is 17.5 Å². The van der Waals surface area contributed by atoms with E-state index < -0.39 is 0 Å². The van der Waals surface area contributed by atoms with Crippen LogP contribution in [0.5, 0.6) is 5.75 Å². The van der Waals surface area contributed by atoms with Gasteiger partial charge in [-0.05, 0) is 48.2 Å². The number of anilines is 1. The van der Waals surface area contributed by atoms with Crippen molar-refractivity contribution in [3.05, 3.63) is 58.6 Å². The monoisotopic (exact) mass is 360 g/mol. The van der Waals surface area contributed by atoms with Crippen LogP contribution in [0.15, 0.2) is 42.5 Å². The highest BCUT2D eigenvalue weighted by Gasteiger charge is 2.09. The van der Waals surface area contributed by atoms with Crippen LogP contribution in [0.2, 0.25) is 5.02 Å². The van der Waals surface area contributed by atoms with E-state index >= 15 is 0 Å². The van der Waals surface area contributed by atoms with Gasteiger partial charge in [-0.25, -0.2) is 0 Å². The van der Waals surface area contributed by atoms with Crippen molar-refractivity contribution in [1.82, 2.24) is 5.32 Å². The fourth-order valence-corrected chi connectivity index (χ4v) is 2.80. The number of hydrogen-bond acceptors (Lipinski definition) is 3. The molecule has 0 aliphatic rings. The van der Waals surface area contributed by atoms with Gasteiger partial charge in [0.1, 0.15) is 5.75 Å². The van der Waals surface area contributed by atoms with Gasteiger partial charge in [-0.1, -0.05) is 36.7 Å². The summed E-state index contributed by atoms with van der Waals surface area (Å²) in [6.07, 6.45) is 0. The predicted molar refractivity (Wildman–Crippen MR) is 103 cm³/mol. The maximum atomic E-state index is 11.0. The maximum absolute atomic E-state index is 11.0. The van der Waals surface area contributed by atoms with Gasteiger partial charge in [-0.2, -0.15) is 0 Å². The van der Waals surface area contributed by atoms with Crippen molar-refractivity contribution < 1.29 is 9.53 Å². The third-order valence-corrected chi connectivity index (χ3v) is 4.17. The van der Waals surface area contributed by atoms with Crippen LogP contribution >= 0.6 is 11.6 Å². The SMILES string of the molecule is CCOc1ccc(C(C)CNCc2ccc(NC(C)=O)cc2)cc1Cl. The minimum absolute atomic E-state index is 0.0614. The highest BCUT2D eigenvalue weighted by molar-refractivity contribution is 6.32. The maximum Gasteiger partial charge on any atom is 0.221 e. The van der Waals surface area contributed by atoms with Crippen LogP contribution in [0, 0.1) is 0 Å². The number of carbonyl (C=O) groups is 1. The topological polar surface area (TPSA) is 50.4 Å². The summed E-state index contributed by atoms with van der Waals surface area (Å²) in [5.74, 6) is 1.01. The summed E-state index contributed by atoms with van der Waals surface area (Å²) in [5.41, 5.74) is 3.17. The molecule has 25 heavy (non-hydrogen) atoms. The second-order valence-corrected chi connectivity index (χ2v) is 6.44. The molecule has 0 aromatic heterocycles. The number of halogens is 1. The van der Waals surface area contributed by atoms with Gasteiger partial charge in [-0.3, -0.25) is 4.79 Å². The molecule has 5 heteroatoms. The van der Waals surface area contributed by atoms with Crippen LogP contribution in [-0.4, -0.2) is 19.1 Å². The normalized spacial score (nSPS) is 11.8. The average molecular weight is 361 g/mol. The molecular weight excluding hydrogens is 336 g/mol. The van der Waals surface area contributed by atoms with Gasteiger partial charge in [0.2, 0.25) is 5.91 Å². The average Bonchev–Trinajstić information content (AvgIpc) is 2.58. The molecule has 1 amide bonds. The summed E-state index contributed by atoms with van der Waals surface area (Å²) in [7, 11) is 0. The lowest BCUT2D eigenvalue weighted by atomic mass is 10.0. The van der Waals surface area contributed by atoms with E-state index in [9.17, 15) is 4.79 Å². The lowest BCUT2D eigenvalue weighted by Gasteiger charge is -2.15. The number of rotatable bonds is 8. The van der Waals surface area contributed by atoms with Crippen molar-refractivity contribution in [3.8, 4) is 5.75 Å². The Labute approximate surface area is 154 Å². The van der Waals surface area contributed by atoms with Crippen molar-refractivity contribution in [2.75, 3.05) is 18.5 Å². The molecule has 0 aliphatic heterocycles. The molecule has 0 saturated carbocycles. The largest absolute Gasteiger partial charge is 0.492 e. The Kier molecular flexibility index (Phi) is 7.29. The summed E-state index contributed by atoms with van der Waals surface area (Å²) in [6, 6.07) is 13.8. The highest BCUT2D eigenvalue weighted by atomic mass is 35.5. The van der Waals surface area contributed by atoms with Gasteiger partial charge >= 0.3 is 0 Å². The Balaban J connectivity index is 1.84. The first-order valence-electron chi connectivity index (χ1n) is 8.49. The summed E-state index contributed by atoms with van der Waals surface area (Å²) in [4.78, 5) is 11.0. The molecule has 0 spiro atoms. The first kappa shape index (κ1) is 19.3. The Morgan fingerprint density at radius 3 is 2.52 bits per heavy atom. The molecular formula is C20H25ClN2O2. The predicted octanol–water partition coefficient (Wildman–Crippen LogP) is 4.59. The lowest BCUT2D eigenvalue weighted by molar-refractivity contribution is -0.114. The van der Waals surface area contributed by atoms with Crippen LogP contribution < -0.4 is 15.4 Å². The zero-order valence-electron chi connectivity index (χ0n) is 14.9. The number of hydrogen-bond donors (Lipinski definition) is 2. The first-order valence-corrected chi connectivity index (χ1v) is 8.87. The Morgan fingerprint density at radius 1 is 1.20 bits per heavy atom. The third kappa shape index (κ3) is 6.07. The van der Waals surface area contributed by atoms with E-state index in [1.165, 1.54) is 18.1 Å². The number of nitrogens with one attached hydrogen (secondary N) is 2. The zero-order chi connectivity index (χ0) is 18.2. The third-order valence-electron chi connectivity index (χ3n) is 3.88. The number of ether oxygens (including phenoxy) is 1. The summed E-state index contributed by atoms with van der Waals surface area (Å²) < 4.78 is 5.47. The van der Waals surface area contributed by atoms with Crippen LogP contribution in [-0.2, 0) is 11.3 Å². The first-order chi connectivity index (χ1) is 12.0. The van der Waals surface area contributed by atoms with Gasteiger partial charge < -0.3 is 15.4 Å². The van der Waals surface area contributed by atoms with Crippen LogP contribution in [0.25, 0.3) is 0 Å². The molecule has 134 valence electrons. The van der Waals surface area contributed by atoms with Crippen molar-refractivity contribution in [1.29, 1.82) is 0 Å². The highest BCUT2D eigenvalue weighted by Crippen LogP contribution is 2.28. The molecule has 0 heterocycles. The van der Waals surface area contributed by atoms with Gasteiger partial charge in [0.05, 0.1) is 11.6 Å². The lowest BCUT2D eigenvalue weighted by Crippen LogP contribution is -2.19. The molecule has 2 N–H and O–H groups in total. The molecule has 2 aromatic rings. The van der Waals surface area contributed by atoms with Crippen molar-refractivity contribution in [3.63, 3.8) is 0 Å². The molecule has 4 nitrogen and oxygen atoms in total. The van der Waals surface area contributed by atoms with E-state index in [2.05, 4.69) is 23.6 Å². The Hall–Kier alpha value is -2.04. The van der Waals surface area contributed by atoms with Gasteiger partial charge in [0.15, 0.2) is 0 Å². The van der Waals surface area contributed by atoms with E-state index in [1.54, 1.807) is 0 Å². The van der Waals surface area contributed by atoms with Gasteiger partial charge in [-0.15, -0.1) is 0 Å². The second-order valence-electron chi connectivity index (χ2n) is 6.03. The molecule has 0 fully saturated rings. The molecule has 2 rings (SSSR count). The fraction of sp³-hybridized carbons (Fsp3) is 0.350. The van der Waals surface area contributed by atoms with Crippen LogP contribution in [0.1, 0.15) is 37.8 Å². The van der Waals surface area contributed by atoms with E-state index in [-0.39, 0.29) is 5.91 Å². The minimum atomic E-state index is -0.0614. The van der Waals surface area contributed by atoms with Crippen LogP contribution in [0.4, 0.5) is 5.69 Å². The van der Waals surface area contributed by atoms with Crippen molar-refractivity contribution in [2.24, 2.45) is 0 Å². The van der Waals surface area contributed by atoms with Crippen molar-refractivity contribution >= 4 is 23.2 Å². The minimum Gasteiger partial charge on any atom is -0.492 e. The van der Waals surface area contributed by atoms with Crippen molar-refractivity contribution in [2.45, 2.75) is 33.2 Å². The smallest absolute Gasteiger partial charge is 0.221 e. The van der Waals surface area contributed by atoms with Gasteiger partial charge in [0.25, 0.3) is 0 Å². The van der Waals surface area contributed by atoms with Gasteiger partial charge in [0, 0.05) is 25.7 Å². The summed E-state index contributed by atoms with van der Waals surface area (Å²) >= 11 is 6.26. The Bertz CT molecular complexity index is 701. The molecule has 1 atom stereocenters. The quantitative estimate of drug-likeness (QED) is 0.723. The molecule has 0 bridgehead atoms. The summed E-state index contributed by atoms with van der Waals surface area (Å²) in [5, 5.41) is 6.87. The molecule has 2 aromatic carbocycles. The number of carbonyl (C=O) groups excluding carboxylic acids is 1. The molecule has 0 aliphatic carbocycles.